The Morgan fingerprint density at radius 3 is 2.50 bits per heavy atom. The molecule has 0 unspecified atom stereocenters. The number of likely N-dealkylation sites (tertiary alicyclic amines) is 2. The number of hydrogen-bond donors (Lipinski definition) is 1. The van der Waals surface area contributed by atoms with Gasteiger partial charge in [0.1, 0.15) is 6.04 Å². The van der Waals surface area contributed by atoms with E-state index in [9.17, 15) is 9.59 Å². The third-order valence-corrected chi connectivity index (χ3v) is 7.03. The molecule has 6 nitrogen and oxygen atoms in total. The highest BCUT2D eigenvalue weighted by atomic mass is 16.2. The molecule has 0 saturated carbocycles. The van der Waals surface area contributed by atoms with Gasteiger partial charge in [0.25, 0.3) is 0 Å². The Balaban J connectivity index is 1.17. The Kier molecular flexibility index (Phi) is 7.05. The molecule has 2 fully saturated rings. The van der Waals surface area contributed by atoms with Crippen LogP contribution in [0.2, 0.25) is 0 Å². The number of para-hydroxylation sites is 1. The van der Waals surface area contributed by atoms with Crippen molar-refractivity contribution in [3.63, 3.8) is 0 Å². The van der Waals surface area contributed by atoms with E-state index in [2.05, 4.69) is 15.1 Å². The molecule has 3 aliphatic heterocycles. The minimum absolute atomic E-state index is 0.0368. The lowest BCUT2D eigenvalue weighted by Crippen LogP contribution is -2.48. The number of anilines is 1. The fourth-order valence-corrected chi connectivity index (χ4v) is 5.41. The SMILES string of the molecule is CC(=O)N1c2ccccc2C[C@H]1C(=O)NCCCN1CCC(N2CCCCC2)CC1. The predicted molar refractivity (Wildman–Crippen MR) is 120 cm³/mol. The molecule has 1 N–H and O–H groups in total. The summed E-state index contributed by atoms with van der Waals surface area (Å²) in [5.74, 6) is -0.109. The molecule has 2 saturated heterocycles. The Labute approximate surface area is 180 Å². The number of benzene rings is 1. The third kappa shape index (κ3) is 4.86. The van der Waals surface area contributed by atoms with Crippen molar-refractivity contribution in [3.05, 3.63) is 29.8 Å². The van der Waals surface area contributed by atoms with Gasteiger partial charge in [0.15, 0.2) is 0 Å². The van der Waals surface area contributed by atoms with Gasteiger partial charge in [0.05, 0.1) is 0 Å². The van der Waals surface area contributed by atoms with E-state index < -0.39 is 6.04 Å². The zero-order chi connectivity index (χ0) is 20.9. The highest BCUT2D eigenvalue weighted by Crippen LogP contribution is 2.32. The van der Waals surface area contributed by atoms with Gasteiger partial charge in [-0.05, 0) is 76.5 Å². The number of carbonyl (C=O) groups is 2. The number of nitrogens with zero attached hydrogens (tertiary/aromatic N) is 3. The van der Waals surface area contributed by atoms with E-state index in [1.54, 1.807) is 4.90 Å². The largest absolute Gasteiger partial charge is 0.354 e. The fourth-order valence-electron chi connectivity index (χ4n) is 5.41. The van der Waals surface area contributed by atoms with Crippen molar-refractivity contribution in [2.24, 2.45) is 0 Å². The van der Waals surface area contributed by atoms with Crippen LogP contribution in [0.25, 0.3) is 0 Å². The molecule has 4 rings (SSSR count). The average Bonchev–Trinajstić information content (AvgIpc) is 3.18. The van der Waals surface area contributed by atoms with Crippen molar-refractivity contribution in [3.8, 4) is 0 Å². The van der Waals surface area contributed by atoms with Crippen LogP contribution >= 0.6 is 0 Å². The number of fused-ring (bicyclic) bond motifs is 1. The maximum absolute atomic E-state index is 12.8. The van der Waals surface area contributed by atoms with Crippen molar-refractivity contribution in [2.75, 3.05) is 44.2 Å². The van der Waals surface area contributed by atoms with Gasteiger partial charge in [0, 0.05) is 31.6 Å². The van der Waals surface area contributed by atoms with Gasteiger partial charge >= 0.3 is 0 Å². The Morgan fingerprint density at radius 1 is 1.03 bits per heavy atom. The molecule has 3 aliphatic rings. The zero-order valence-electron chi connectivity index (χ0n) is 18.3. The summed E-state index contributed by atoms with van der Waals surface area (Å²) < 4.78 is 0. The maximum atomic E-state index is 12.8. The molecular weight excluding hydrogens is 376 g/mol. The van der Waals surface area contributed by atoms with E-state index in [0.717, 1.165) is 30.3 Å². The first kappa shape index (κ1) is 21.3. The van der Waals surface area contributed by atoms with Crippen LogP contribution in [0, 0.1) is 0 Å². The zero-order valence-corrected chi connectivity index (χ0v) is 18.3. The molecular formula is C24H36N4O2. The molecule has 1 atom stereocenters. The van der Waals surface area contributed by atoms with E-state index in [1.807, 2.05) is 24.3 Å². The second-order valence-electron chi connectivity index (χ2n) is 9.05. The summed E-state index contributed by atoms with van der Waals surface area (Å²) in [6.07, 6.45) is 8.25. The predicted octanol–water partition coefficient (Wildman–Crippen LogP) is 2.42. The highest BCUT2D eigenvalue weighted by Gasteiger charge is 2.36. The number of piperidine rings is 2. The van der Waals surface area contributed by atoms with Crippen LogP contribution in [0.3, 0.4) is 0 Å². The van der Waals surface area contributed by atoms with Crippen LogP contribution in [0.15, 0.2) is 24.3 Å². The van der Waals surface area contributed by atoms with Crippen LogP contribution in [0.4, 0.5) is 5.69 Å². The maximum Gasteiger partial charge on any atom is 0.243 e. The molecule has 1 aromatic rings. The number of nitrogens with one attached hydrogen (secondary N) is 1. The summed E-state index contributed by atoms with van der Waals surface area (Å²) in [5, 5.41) is 3.08. The van der Waals surface area contributed by atoms with Crippen LogP contribution in [-0.2, 0) is 16.0 Å². The number of rotatable bonds is 6. The van der Waals surface area contributed by atoms with Gasteiger partial charge in [-0.25, -0.2) is 0 Å². The molecule has 30 heavy (non-hydrogen) atoms. The first-order valence-electron chi connectivity index (χ1n) is 11.8. The summed E-state index contributed by atoms with van der Waals surface area (Å²) in [4.78, 5) is 31.8. The van der Waals surface area contributed by atoms with Gasteiger partial charge in [-0.1, -0.05) is 24.6 Å². The first-order chi connectivity index (χ1) is 14.6. The average molecular weight is 413 g/mol. The van der Waals surface area contributed by atoms with Crippen LogP contribution in [0.5, 0.6) is 0 Å². The van der Waals surface area contributed by atoms with Gasteiger partial charge in [0.2, 0.25) is 11.8 Å². The number of amides is 2. The molecule has 2 amide bonds. The second kappa shape index (κ2) is 9.92. The van der Waals surface area contributed by atoms with E-state index in [0.29, 0.717) is 13.0 Å². The molecule has 1 aromatic carbocycles. The van der Waals surface area contributed by atoms with Crippen LogP contribution in [0.1, 0.15) is 51.0 Å². The van der Waals surface area contributed by atoms with Crippen molar-refractivity contribution in [1.29, 1.82) is 0 Å². The highest BCUT2D eigenvalue weighted by molar-refractivity contribution is 6.02. The number of carbonyl (C=O) groups excluding carboxylic acids is 2. The minimum atomic E-state index is -0.416. The Hall–Kier alpha value is -1.92. The second-order valence-corrected chi connectivity index (χ2v) is 9.05. The lowest BCUT2D eigenvalue weighted by molar-refractivity contribution is -0.125. The minimum Gasteiger partial charge on any atom is -0.354 e. The molecule has 3 heterocycles. The van der Waals surface area contributed by atoms with Crippen LogP contribution in [-0.4, -0.2) is 73.0 Å². The van der Waals surface area contributed by atoms with Crippen LogP contribution < -0.4 is 10.2 Å². The third-order valence-electron chi connectivity index (χ3n) is 7.03. The van der Waals surface area contributed by atoms with E-state index in [-0.39, 0.29) is 11.8 Å². The summed E-state index contributed by atoms with van der Waals surface area (Å²) in [5.41, 5.74) is 1.95. The van der Waals surface area contributed by atoms with Gasteiger partial charge < -0.3 is 15.1 Å². The summed E-state index contributed by atoms with van der Waals surface area (Å²) in [6.45, 7) is 8.17. The molecule has 0 spiro atoms. The molecule has 0 bridgehead atoms. The topological polar surface area (TPSA) is 55.9 Å². The van der Waals surface area contributed by atoms with Crippen molar-refractivity contribution < 1.29 is 9.59 Å². The molecule has 0 aliphatic carbocycles. The van der Waals surface area contributed by atoms with Gasteiger partial charge in [-0.3, -0.25) is 14.5 Å². The lowest BCUT2D eigenvalue weighted by Gasteiger charge is -2.40. The van der Waals surface area contributed by atoms with E-state index in [4.69, 9.17) is 0 Å². The Bertz CT molecular complexity index is 738. The summed E-state index contributed by atoms with van der Waals surface area (Å²) >= 11 is 0. The van der Waals surface area contributed by atoms with Gasteiger partial charge in [-0.2, -0.15) is 0 Å². The van der Waals surface area contributed by atoms with E-state index in [1.165, 1.54) is 65.2 Å². The normalized spacial score (nSPS) is 23.4. The van der Waals surface area contributed by atoms with Crippen molar-refractivity contribution >= 4 is 17.5 Å². The molecule has 6 heteroatoms. The molecule has 0 aromatic heterocycles. The molecule has 0 radical (unpaired) electrons. The van der Waals surface area contributed by atoms with E-state index >= 15 is 0 Å². The van der Waals surface area contributed by atoms with Gasteiger partial charge in [-0.15, -0.1) is 0 Å². The summed E-state index contributed by atoms with van der Waals surface area (Å²) in [7, 11) is 0. The van der Waals surface area contributed by atoms with Crippen molar-refractivity contribution in [1.82, 2.24) is 15.1 Å². The lowest BCUT2D eigenvalue weighted by atomic mass is 10.00. The quantitative estimate of drug-likeness (QED) is 0.729. The summed E-state index contributed by atoms with van der Waals surface area (Å²) in [6, 6.07) is 8.18. The fraction of sp³-hybridized carbons (Fsp3) is 0.667. The number of hydrogen-bond acceptors (Lipinski definition) is 4. The Morgan fingerprint density at radius 2 is 1.77 bits per heavy atom. The van der Waals surface area contributed by atoms with Crippen molar-refractivity contribution in [2.45, 2.75) is 64.0 Å². The smallest absolute Gasteiger partial charge is 0.243 e. The first-order valence-corrected chi connectivity index (χ1v) is 11.8. The monoisotopic (exact) mass is 412 g/mol. The molecule has 164 valence electrons. The standard InChI is InChI=1S/C24H36N4O2/c1-19(29)28-22-9-4-3-8-20(22)18-23(28)24(30)25-12-7-13-26-16-10-21(11-17-26)27-14-5-2-6-15-27/h3-4,8-9,21,23H,2,5-7,10-18H2,1H3,(H,25,30)/t23-/m0/s1.